The summed E-state index contributed by atoms with van der Waals surface area (Å²) in [4.78, 5) is 18.4. The molecule has 1 aromatic heterocycles. The lowest BCUT2D eigenvalue weighted by molar-refractivity contribution is -0.125. The van der Waals surface area contributed by atoms with E-state index >= 15 is 0 Å². The Morgan fingerprint density at radius 3 is 2.83 bits per heavy atom. The number of nitrogens with zero attached hydrogens (tertiary/aromatic N) is 3. The van der Waals surface area contributed by atoms with Gasteiger partial charge in [0.25, 0.3) is 0 Å². The molecule has 1 amide bonds. The molecule has 1 unspecified atom stereocenters. The van der Waals surface area contributed by atoms with E-state index < -0.39 is 0 Å². The molecular weight excluding hydrogens is 228 g/mol. The molecule has 0 radical (unpaired) electrons. The van der Waals surface area contributed by atoms with Crippen molar-refractivity contribution in [3.05, 3.63) is 18.2 Å². The largest absolute Gasteiger partial charge is 0.354 e. The van der Waals surface area contributed by atoms with Gasteiger partial charge in [0.1, 0.15) is 5.82 Å². The molecule has 1 aliphatic rings. The zero-order valence-corrected chi connectivity index (χ0v) is 11.2. The molecule has 1 N–H and O–H groups in total. The second-order valence-electron chi connectivity index (χ2n) is 4.91. The Bertz CT molecular complexity index is 395. The number of aromatic nitrogens is 2. The molecule has 0 spiro atoms. The molecule has 100 valence electrons. The topological polar surface area (TPSA) is 50.2 Å². The van der Waals surface area contributed by atoms with Crippen molar-refractivity contribution in [2.75, 3.05) is 19.6 Å². The van der Waals surface area contributed by atoms with Crippen LogP contribution >= 0.6 is 0 Å². The maximum Gasteiger partial charge on any atom is 0.237 e. The molecule has 1 aromatic rings. The molecule has 1 saturated heterocycles. The molecule has 1 fully saturated rings. The maximum atomic E-state index is 12.0. The summed E-state index contributed by atoms with van der Waals surface area (Å²) in [6, 6.07) is -0.00567. The summed E-state index contributed by atoms with van der Waals surface area (Å²) in [6.45, 7) is 4.74. The zero-order valence-electron chi connectivity index (χ0n) is 11.2. The number of carbonyl (C=O) groups excluding carboxylic acids is 1. The minimum Gasteiger partial charge on any atom is -0.354 e. The molecule has 5 nitrogen and oxygen atoms in total. The lowest BCUT2D eigenvalue weighted by Gasteiger charge is -2.22. The number of nitrogens with one attached hydrogen (secondary N) is 1. The first-order chi connectivity index (χ1) is 8.68. The molecular formula is C13H22N4O. The number of aryl methyl sites for hydroxylation is 1. The fourth-order valence-corrected chi connectivity index (χ4v) is 2.38. The lowest BCUT2D eigenvalue weighted by atomic mass is 10.2. The summed E-state index contributed by atoms with van der Waals surface area (Å²) in [5, 5.41) is 2.99. The van der Waals surface area contributed by atoms with Gasteiger partial charge < -0.3 is 9.88 Å². The van der Waals surface area contributed by atoms with Crippen LogP contribution < -0.4 is 5.32 Å². The van der Waals surface area contributed by atoms with Crippen molar-refractivity contribution in [3.8, 4) is 0 Å². The van der Waals surface area contributed by atoms with Crippen molar-refractivity contribution in [2.45, 2.75) is 32.2 Å². The van der Waals surface area contributed by atoms with Gasteiger partial charge in [0.15, 0.2) is 0 Å². The van der Waals surface area contributed by atoms with Gasteiger partial charge in [-0.1, -0.05) is 0 Å². The van der Waals surface area contributed by atoms with E-state index in [9.17, 15) is 4.79 Å². The van der Waals surface area contributed by atoms with Gasteiger partial charge >= 0.3 is 0 Å². The summed E-state index contributed by atoms with van der Waals surface area (Å²) in [6.07, 6.45) is 6.91. The minimum atomic E-state index is -0.00567. The number of amides is 1. The van der Waals surface area contributed by atoms with Crippen molar-refractivity contribution in [2.24, 2.45) is 7.05 Å². The predicted molar refractivity (Wildman–Crippen MR) is 70.2 cm³/mol. The monoisotopic (exact) mass is 250 g/mol. The second-order valence-corrected chi connectivity index (χ2v) is 4.91. The fraction of sp³-hybridized carbons (Fsp3) is 0.692. The first-order valence-corrected chi connectivity index (χ1v) is 6.66. The number of carbonyl (C=O) groups is 1. The van der Waals surface area contributed by atoms with Gasteiger partial charge in [-0.25, -0.2) is 4.98 Å². The van der Waals surface area contributed by atoms with Crippen LogP contribution in [0.25, 0.3) is 0 Å². The molecule has 0 aromatic carbocycles. The van der Waals surface area contributed by atoms with Crippen LogP contribution in [0, 0.1) is 0 Å². The van der Waals surface area contributed by atoms with Gasteiger partial charge in [-0.05, 0) is 32.9 Å². The molecule has 1 atom stereocenters. The van der Waals surface area contributed by atoms with E-state index in [0.29, 0.717) is 6.54 Å². The van der Waals surface area contributed by atoms with Gasteiger partial charge in [0.05, 0.1) is 6.04 Å². The quantitative estimate of drug-likeness (QED) is 0.831. The van der Waals surface area contributed by atoms with Crippen LogP contribution in [0.4, 0.5) is 0 Å². The van der Waals surface area contributed by atoms with Crippen LogP contribution in [0.15, 0.2) is 12.4 Å². The second kappa shape index (κ2) is 6.00. The molecule has 2 rings (SSSR count). The van der Waals surface area contributed by atoms with E-state index in [1.807, 2.05) is 24.7 Å². The van der Waals surface area contributed by atoms with Crippen LogP contribution in [0.2, 0.25) is 0 Å². The highest BCUT2D eigenvalue weighted by Crippen LogP contribution is 2.11. The third-order valence-electron chi connectivity index (χ3n) is 3.64. The van der Waals surface area contributed by atoms with Crippen molar-refractivity contribution in [1.82, 2.24) is 19.8 Å². The van der Waals surface area contributed by atoms with E-state index in [1.54, 1.807) is 6.20 Å². The standard InChI is InChI=1S/C13H22N4O/c1-11(17-8-3-4-9-17)13(18)15-6-5-12-14-7-10-16(12)2/h7,10-11H,3-6,8-9H2,1-2H3,(H,15,18). The summed E-state index contributed by atoms with van der Waals surface area (Å²) >= 11 is 0. The Labute approximate surface area is 108 Å². The van der Waals surface area contributed by atoms with Crippen LogP contribution in [0.3, 0.4) is 0 Å². The van der Waals surface area contributed by atoms with Gasteiger partial charge in [0, 0.05) is 32.4 Å². The molecule has 0 bridgehead atoms. The normalized spacial score (nSPS) is 17.9. The van der Waals surface area contributed by atoms with E-state index in [-0.39, 0.29) is 11.9 Å². The minimum absolute atomic E-state index is 0.00567. The van der Waals surface area contributed by atoms with Crippen molar-refractivity contribution in [3.63, 3.8) is 0 Å². The molecule has 18 heavy (non-hydrogen) atoms. The lowest BCUT2D eigenvalue weighted by Crippen LogP contribution is -2.44. The first kappa shape index (κ1) is 13.1. The third kappa shape index (κ3) is 3.10. The molecule has 5 heteroatoms. The smallest absolute Gasteiger partial charge is 0.237 e. The predicted octanol–water partition coefficient (Wildman–Crippen LogP) is 0.563. The summed E-state index contributed by atoms with van der Waals surface area (Å²) in [7, 11) is 1.97. The number of hydrogen-bond donors (Lipinski definition) is 1. The molecule has 1 aliphatic heterocycles. The van der Waals surface area contributed by atoms with E-state index in [4.69, 9.17) is 0 Å². The van der Waals surface area contributed by atoms with Crippen LogP contribution in [-0.4, -0.2) is 46.0 Å². The van der Waals surface area contributed by atoms with E-state index in [2.05, 4.69) is 15.2 Å². The Hall–Kier alpha value is -1.36. The fourth-order valence-electron chi connectivity index (χ4n) is 2.38. The maximum absolute atomic E-state index is 12.0. The van der Waals surface area contributed by atoms with Crippen LogP contribution in [0.5, 0.6) is 0 Å². The first-order valence-electron chi connectivity index (χ1n) is 6.66. The highest BCUT2D eigenvalue weighted by atomic mass is 16.2. The van der Waals surface area contributed by atoms with Gasteiger partial charge in [-0.2, -0.15) is 0 Å². The van der Waals surface area contributed by atoms with Crippen LogP contribution in [-0.2, 0) is 18.3 Å². The zero-order chi connectivity index (χ0) is 13.0. The summed E-state index contributed by atoms with van der Waals surface area (Å²) in [5.74, 6) is 1.13. The molecule has 0 aliphatic carbocycles. The Balaban J connectivity index is 1.73. The third-order valence-corrected chi connectivity index (χ3v) is 3.64. The van der Waals surface area contributed by atoms with E-state index in [0.717, 1.165) is 25.3 Å². The average molecular weight is 250 g/mol. The van der Waals surface area contributed by atoms with Gasteiger partial charge in [-0.15, -0.1) is 0 Å². The summed E-state index contributed by atoms with van der Waals surface area (Å²) in [5.41, 5.74) is 0. The Morgan fingerprint density at radius 2 is 2.22 bits per heavy atom. The van der Waals surface area contributed by atoms with Crippen molar-refractivity contribution >= 4 is 5.91 Å². The molecule has 0 saturated carbocycles. The Morgan fingerprint density at radius 1 is 1.50 bits per heavy atom. The SMILES string of the molecule is CC(C(=O)NCCc1nccn1C)N1CCCC1. The highest BCUT2D eigenvalue weighted by Gasteiger charge is 2.23. The summed E-state index contributed by atoms with van der Waals surface area (Å²) < 4.78 is 1.98. The number of likely N-dealkylation sites (tertiary alicyclic amines) is 1. The van der Waals surface area contributed by atoms with Gasteiger partial charge in [0.2, 0.25) is 5.91 Å². The van der Waals surface area contributed by atoms with Gasteiger partial charge in [-0.3, -0.25) is 9.69 Å². The Kier molecular flexibility index (Phi) is 4.36. The number of rotatable bonds is 5. The van der Waals surface area contributed by atoms with Crippen LogP contribution in [0.1, 0.15) is 25.6 Å². The average Bonchev–Trinajstić information content (AvgIpc) is 3.00. The number of imidazole rings is 1. The van der Waals surface area contributed by atoms with Crippen molar-refractivity contribution in [1.29, 1.82) is 0 Å². The molecule has 2 heterocycles. The van der Waals surface area contributed by atoms with Crippen molar-refractivity contribution < 1.29 is 4.79 Å². The number of hydrogen-bond acceptors (Lipinski definition) is 3. The van der Waals surface area contributed by atoms with E-state index in [1.165, 1.54) is 12.8 Å². The highest BCUT2D eigenvalue weighted by molar-refractivity contribution is 5.81.